The van der Waals surface area contributed by atoms with Crippen LogP contribution in [-0.2, 0) is 4.74 Å². The van der Waals surface area contributed by atoms with Gasteiger partial charge < -0.3 is 4.74 Å². The highest BCUT2D eigenvalue weighted by atomic mass is 32.2. The van der Waals surface area contributed by atoms with E-state index in [-0.39, 0.29) is 0 Å². The zero-order valence-corrected chi connectivity index (χ0v) is 8.85. The van der Waals surface area contributed by atoms with Crippen LogP contribution in [0.4, 0.5) is 0 Å². The summed E-state index contributed by atoms with van der Waals surface area (Å²) >= 11 is 1.48. The van der Waals surface area contributed by atoms with Crippen LogP contribution >= 0.6 is 11.9 Å². The predicted octanol–water partition coefficient (Wildman–Crippen LogP) is 1.22. The van der Waals surface area contributed by atoms with Crippen LogP contribution in [0.3, 0.4) is 0 Å². The first-order chi connectivity index (χ1) is 6.36. The van der Waals surface area contributed by atoms with Crippen molar-refractivity contribution in [1.82, 2.24) is 4.90 Å². The van der Waals surface area contributed by atoms with Crippen LogP contribution in [0, 0.1) is 0 Å². The van der Waals surface area contributed by atoms with Crippen molar-refractivity contribution in [1.29, 1.82) is 0 Å². The molecule has 1 aliphatic rings. The Labute approximate surface area is 84.0 Å². The smallest absolute Gasteiger partial charge is 0.0621 e. The molecule has 0 aromatic carbocycles. The summed E-state index contributed by atoms with van der Waals surface area (Å²) in [4.78, 5) is 2.33. The first-order valence-corrected chi connectivity index (χ1v) is 5.57. The molecule has 4 heteroatoms. The van der Waals surface area contributed by atoms with E-state index in [2.05, 4.69) is 15.9 Å². The molecule has 1 rings (SSSR count). The molecule has 0 aliphatic carbocycles. The average molecular weight is 200 g/mol. The van der Waals surface area contributed by atoms with Gasteiger partial charge in [0.2, 0.25) is 0 Å². The molecule has 0 spiro atoms. The van der Waals surface area contributed by atoms with Crippen LogP contribution in [0.15, 0.2) is 17.1 Å². The number of hydrogen-bond donors (Lipinski definition) is 0. The molecule has 3 nitrogen and oxygen atoms in total. The third kappa shape index (κ3) is 3.93. The summed E-state index contributed by atoms with van der Waals surface area (Å²) in [6.07, 6.45) is 3.79. The van der Waals surface area contributed by atoms with Crippen molar-refractivity contribution < 1.29 is 4.74 Å². The number of ether oxygens (including phenoxy) is 1. The van der Waals surface area contributed by atoms with Crippen LogP contribution in [0.5, 0.6) is 0 Å². The van der Waals surface area contributed by atoms with Gasteiger partial charge in [-0.1, -0.05) is 6.58 Å². The Balaban J connectivity index is 2.35. The molecule has 1 heterocycles. The maximum atomic E-state index is 5.26. The van der Waals surface area contributed by atoms with Crippen molar-refractivity contribution in [3.63, 3.8) is 0 Å². The zero-order chi connectivity index (χ0) is 9.52. The molecule has 0 bridgehead atoms. The van der Waals surface area contributed by atoms with Gasteiger partial charge in [-0.2, -0.15) is 0 Å². The second kappa shape index (κ2) is 6.18. The van der Waals surface area contributed by atoms with Crippen molar-refractivity contribution in [2.24, 2.45) is 4.40 Å². The van der Waals surface area contributed by atoms with Gasteiger partial charge in [-0.05, 0) is 18.0 Å². The molecule has 0 aromatic rings. The minimum absolute atomic E-state index is 0.837. The highest BCUT2D eigenvalue weighted by Crippen LogP contribution is 2.01. The van der Waals surface area contributed by atoms with Gasteiger partial charge in [0.05, 0.1) is 18.9 Å². The summed E-state index contributed by atoms with van der Waals surface area (Å²) in [5.41, 5.74) is 1.05. The van der Waals surface area contributed by atoms with E-state index >= 15 is 0 Å². The monoisotopic (exact) mass is 200 g/mol. The van der Waals surface area contributed by atoms with Crippen LogP contribution in [0.1, 0.15) is 0 Å². The van der Waals surface area contributed by atoms with Gasteiger partial charge >= 0.3 is 0 Å². The van der Waals surface area contributed by atoms with Crippen LogP contribution in [0.2, 0.25) is 0 Å². The number of nitrogens with zero attached hydrogens (tertiary/aromatic N) is 2. The molecule has 0 radical (unpaired) electrons. The lowest BCUT2D eigenvalue weighted by Crippen LogP contribution is -2.39. The number of morpholine rings is 1. The van der Waals surface area contributed by atoms with Crippen molar-refractivity contribution in [3.05, 3.63) is 12.7 Å². The first kappa shape index (κ1) is 10.8. The van der Waals surface area contributed by atoms with E-state index in [1.54, 1.807) is 0 Å². The second-order valence-corrected chi connectivity index (χ2v) is 3.41. The molecule has 1 saturated heterocycles. The summed E-state index contributed by atoms with van der Waals surface area (Å²) in [5, 5.41) is 0. The van der Waals surface area contributed by atoms with Gasteiger partial charge in [-0.25, -0.2) is 4.40 Å². The third-order valence-electron chi connectivity index (χ3n) is 1.93. The highest BCUT2D eigenvalue weighted by Gasteiger charge is 2.10. The van der Waals surface area contributed by atoms with Crippen LogP contribution < -0.4 is 0 Å². The molecule has 0 atom stereocenters. The standard InChI is InChI=1S/C9H16N2OS/c1-3-9(10-13-2)8-11-4-6-12-7-5-11/h3H,1,4-8H2,2H3. The van der Waals surface area contributed by atoms with E-state index in [0.29, 0.717) is 0 Å². The number of hydrogen-bond acceptors (Lipinski definition) is 4. The Morgan fingerprint density at radius 2 is 2.31 bits per heavy atom. The normalized spacial score (nSPS) is 20.2. The summed E-state index contributed by atoms with van der Waals surface area (Å²) < 4.78 is 9.53. The second-order valence-electron chi connectivity index (χ2n) is 2.86. The summed E-state index contributed by atoms with van der Waals surface area (Å²) in [6, 6.07) is 0. The van der Waals surface area contributed by atoms with E-state index in [1.165, 1.54) is 11.9 Å². The molecule has 0 saturated carbocycles. The minimum atomic E-state index is 0.837. The molecule has 0 aromatic heterocycles. The third-order valence-corrected chi connectivity index (χ3v) is 2.35. The van der Waals surface area contributed by atoms with E-state index in [0.717, 1.165) is 38.6 Å². The maximum Gasteiger partial charge on any atom is 0.0621 e. The predicted molar refractivity (Wildman–Crippen MR) is 58.4 cm³/mol. The lowest BCUT2D eigenvalue weighted by molar-refractivity contribution is 0.0454. The molecule has 74 valence electrons. The average Bonchev–Trinajstić information content (AvgIpc) is 2.19. The minimum Gasteiger partial charge on any atom is -0.379 e. The molecular weight excluding hydrogens is 184 g/mol. The van der Waals surface area contributed by atoms with E-state index < -0.39 is 0 Å². The maximum absolute atomic E-state index is 5.26. The van der Waals surface area contributed by atoms with Gasteiger partial charge in [0.15, 0.2) is 0 Å². The molecule has 0 amide bonds. The fourth-order valence-corrected chi connectivity index (χ4v) is 1.60. The van der Waals surface area contributed by atoms with Crippen molar-refractivity contribution in [3.8, 4) is 0 Å². The quantitative estimate of drug-likeness (QED) is 0.504. The van der Waals surface area contributed by atoms with Gasteiger partial charge in [-0.3, -0.25) is 4.90 Å². The Bertz CT molecular complexity index is 188. The Kier molecular flexibility index (Phi) is 5.12. The van der Waals surface area contributed by atoms with E-state index in [4.69, 9.17) is 4.74 Å². The summed E-state index contributed by atoms with van der Waals surface area (Å²) in [5.74, 6) is 0. The lowest BCUT2D eigenvalue weighted by atomic mass is 10.3. The molecular formula is C9H16N2OS. The zero-order valence-electron chi connectivity index (χ0n) is 8.03. The fourth-order valence-electron chi connectivity index (χ4n) is 1.24. The van der Waals surface area contributed by atoms with Crippen LogP contribution in [-0.4, -0.2) is 49.7 Å². The molecule has 0 N–H and O–H groups in total. The Morgan fingerprint density at radius 3 is 2.85 bits per heavy atom. The molecule has 1 aliphatic heterocycles. The van der Waals surface area contributed by atoms with Gasteiger partial charge in [-0.15, -0.1) is 0 Å². The van der Waals surface area contributed by atoms with Crippen molar-refractivity contribution in [2.45, 2.75) is 0 Å². The van der Waals surface area contributed by atoms with Crippen LogP contribution in [0.25, 0.3) is 0 Å². The Morgan fingerprint density at radius 1 is 1.62 bits per heavy atom. The summed E-state index contributed by atoms with van der Waals surface area (Å²) in [7, 11) is 0. The molecule has 13 heavy (non-hydrogen) atoms. The van der Waals surface area contributed by atoms with E-state index in [9.17, 15) is 0 Å². The molecule has 0 unspecified atom stereocenters. The van der Waals surface area contributed by atoms with Crippen molar-refractivity contribution in [2.75, 3.05) is 39.1 Å². The Hall–Kier alpha value is -0.320. The molecule has 1 fully saturated rings. The topological polar surface area (TPSA) is 24.8 Å². The lowest BCUT2D eigenvalue weighted by Gasteiger charge is -2.26. The number of rotatable bonds is 4. The van der Waals surface area contributed by atoms with Crippen molar-refractivity contribution >= 4 is 17.7 Å². The van der Waals surface area contributed by atoms with Gasteiger partial charge in [0.25, 0.3) is 0 Å². The SMILES string of the molecule is C=CC(CN1CCOCC1)=NSC. The van der Waals surface area contributed by atoms with Gasteiger partial charge in [0.1, 0.15) is 0 Å². The largest absolute Gasteiger partial charge is 0.379 e. The highest BCUT2D eigenvalue weighted by molar-refractivity contribution is 7.97. The van der Waals surface area contributed by atoms with Gasteiger partial charge in [0, 0.05) is 25.9 Å². The fraction of sp³-hybridized carbons (Fsp3) is 0.667. The first-order valence-electron chi connectivity index (χ1n) is 4.39. The van der Waals surface area contributed by atoms with E-state index in [1.807, 2.05) is 12.3 Å². The summed E-state index contributed by atoms with van der Waals surface area (Å²) in [6.45, 7) is 8.32.